The van der Waals surface area contributed by atoms with Crippen LogP contribution in [0.2, 0.25) is 0 Å². The Hall–Kier alpha value is -2.52. The van der Waals surface area contributed by atoms with E-state index in [9.17, 15) is 19.4 Å². The highest BCUT2D eigenvalue weighted by atomic mass is 19.1. The van der Waals surface area contributed by atoms with Gasteiger partial charge in [-0.1, -0.05) is 38.1 Å². The van der Waals surface area contributed by atoms with Gasteiger partial charge in [0.2, 0.25) is 0 Å². The van der Waals surface area contributed by atoms with Crippen molar-refractivity contribution in [2.24, 2.45) is 5.92 Å². The minimum absolute atomic E-state index is 0.0184. The van der Waals surface area contributed by atoms with Crippen LogP contribution in [0.15, 0.2) is 42.5 Å². The monoisotopic (exact) mass is 516 g/mol. The number of carbonyl (C=O) groups is 1. The summed E-state index contributed by atoms with van der Waals surface area (Å²) in [4.78, 5) is 14.7. The van der Waals surface area contributed by atoms with Crippen molar-refractivity contribution in [2.45, 2.75) is 84.5 Å². The Morgan fingerprint density at radius 3 is 2.49 bits per heavy atom. The summed E-state index contributed by atoms with van der Waals surface area (Å²) >= 11 is 0. The van der Waals surface area contributed by atoms with Crippen LogP contribution in [0.25, 0.3) is 0 Å². The molecule has 3 N–H and O–H groups in total. The summed E-state index contributed by atoms with van der Waals surface area (Å²) in [5.41, 5.74) is 2.52. The molecule has 204 valence electrons. The van der Waals surface area contributed by atoms with Crippen LogP contribution < -0.4 is 5.32 Å². The molecule has 0 saturated heterocycles. The summed E-state index contributed by atoms with van der Waals surface area (Å²) in [6.07, 6.45) is 2.10. The van der Waals surface area contributed by atoms with Crippen LogP contribution >= 0.6 is 0 Å². The van der Waals surface area contributed by atoms with E-state index in [0.29, 0.717) is 31.0 Å². The lowest BCUT2D eigenvalue weighted by Crippen LogP contribution is -2.46. The number of aryl methyl sites for hydroxylation is 1. The van der Waals surface area contributed by atoms with E-state index < -0.39 is 12.1 Å². The first kappa shape index (κ1) is 29.0. The maximum atomic E-state index is 13.6. The lowest BCUT2D eigenvalue weighted by molar-refractivity contribution is -0.0589. The van der Waals surface area contributed by atoms with Gasteiger partial charge in [0, 0.05) is 23.8 Å². The normalized spacial score (nSPS) is 18.7. The summed E-state index contributed by atoms with van der Waals surface area (Å²) < 4.78 is 25.9. The van der Waals surface area contributed by atoms with E-state index in [1.807, 2.05) is 32.0 Å². The first-order valence-electron chi connectivity index (χ1n) is 13.2. The van der Waals surface area contributed by atoms with Crippen molar-refractivity contribution >= 4 is 11.7 Å². The number of ether oxygens (including phenoxy) is 2. The number of aliphatic hydroxyl groups excluding tert-OH is 1. The van der Waals surface area contributed by atoms with Gasteiger partial charge in [0.1, 0.15) is 5.82 Å². The van der Waals surface area contributed by atoms with Gasteiger partial charge in [0.05, 0.1) is 25.4 Å². The standard InChI is InChI=1S/C29H41FN2O5/c1-19(2)21(4)32(29(35)31-24-11-6-10-23(30)16-24)14-15-36-25-12-7-13-26(17-25)37-18-22-9-5-8-20(3)27(22)28(33)34/h5-6,8-11,16,19,21,25-26,28,33-34H,7,12-15,17-18H2,1-4H3,(H,31,35). The number of carbonyl (C=O) groups excluding carboxylic acids is 1. The Balaban J connectivity index is 1.52. The van der Waals surface area contributed by atoms with Gasteiger partial charge >= 0.3 is 6.03 Å². The number of halogens is 1. The van der Waals surface area contributed by atoms with Crippen LogP contribution in [0.4, 0.5) is 14.9 Å². The first-order chi connectivity index (χ1) is 17.7. The smallest absolute Gasteiger partial charge is 0.322 e. The minimum Gasteiger partial charge on any atom is -0.376 e. The van der Waals surface area contributed by atoms with Crippen molar-refractivity contribution in [3.8, 4) is 0 Å². The Labute approximate surface area is 219 Å². The van der Waals surface area contributed by atoms with Crippen molar-refractivity contribution in [2.75, 3.05) is 18.5 Å². The predicted octanol–water partition coefficient (Wildman–Crippen LogP) is 5.54. The maximum absolute atomic E-state index is 13.6. The van der Waals surface area contributed by atoms with Crippen LogP contribution in [0, 0.1) is 18.7 Å². The third-order valence-electron chi connectivity index (χ3n) is 7.20. The predicted molar refractivity (Wildman–Crippen MR) is 142 cm³/mol. The molecule has 1 aliphatic rings. The molecule has 2 aromatic carbocycles. The third kappa shape index (κ3) is 8.50. The number of rotatable bonds is 11. The second kappa shape index (κ2) is 13.9. The van der Waals surface area contributed by atoms with Gasteiger partial charge in [-0.05, 0) is 74.8 Å². The summed E-state index contributed by atoms with van der Waals surface area (Å²) in [6.45, 7) is 9.10. The van der Waals surface area contributed by atoms with Crippen LogP contribution in [0.3, 0.4) is 0 Å². The fourth-order valence-electron chi connectivity index (χ4n) is 4.78. The van der Waals surface area contributed by atoms with Crippen molar-refractivity contribution in [1.29, 1.82) is 0 Å². The zero-order valence-electron chi connectivity index (χ0n) is 22.3. The fourth-order valence-corrected chi connectivity index (χ4v) is 4.78. The molecule has 0 spiro atoms. The minimum atomic E-state index is -1.53. The number of anilines is 1. The summed E-state index contributed by atoms with van der Waals surface area (Å²) in [6, 6.07) is 11.2. The molecule has 2 aromatic rings. The number of amides is 2. The Morgan fingerprint density at radius 2 is 1.81 bits per heavy atom. The van der Waals surface area contributed by atoms with E-state index in [-0.39, 0.29) is 30.2 Å². The molecule has 1 saturated carbocycles. The molecular weight excluding hydrogens is 475 g/mol. The zero-order valence-corrected chi connectivity index (χ0v) is 22.3. The topological polar surface area (TPSA) is 91.3 Å². The molecule has 0 bridgehead atoms. The van der Waals surface area contributed by atoms with Gasteiger partial charge in [0.15, 0.2) is 6.29 Å². The highest BCUT2D eigenvalue weighted by molar-refractivity contribution is 5.89. The second-order valence-corrected chi connectivity index (χ2v) is 10.2. The maximum Gasteiger partial charge on any atom is 0.322 e. The van der Waals surface area contributed by atoms with E-state index in [1.165, 1.54) is 12.1 Å². The van der Waals surface area contributed by atoms with Crippen LogP contribution in [0.1, 0.15) is 69.4 Å². The number of aliphatic hydroxyl groups is 2. The molecule has 3 unspecified atom stereocenters. The molecule has 2 amide bonds. The number of hydrogen-bond donors (Lipinski definition) is 3. The molecule has 8 heteroatoms. The molecule has 1 aliphatic carbocycles. The van der Waals surface area contributed by atoms with Crippen molar-refractivity contribution < 1.29 is 28.9 Å². The number of hydrogen-bond acceptors (Lipinski definition) is 5. The molecule has 0 heterocycles. The molecule has 0 aliphatic heterocycles. The van der Waals surface area contributed by atoms with Crippen molar-refractivity contribution in [3.63, 3.8) is 0 Å². The SMILES string of the molecule is Cc1cccc(COC2CCCC(OCCN(C(=O)Nc3cccc(F)c3)C(C)C(C)C)C2)c1C(O)O. The number of benzene rings is 2. The van der Waals surface area contributed by atoms with Crippen LogP contribution in [-0.4, -0.2) is 52.5 Å². The number of nitrogens with zero attached hydrogens (tertiary/aromatic N) is 1. The molecule has 1 fully saturated rings. The number of nitrogens with one attached hydrogen (secondary N) is 1. The Kier molecular flexibility index (Phi) is 10.9. The van der Waals surface area contributed by atoms with E-state index >= 15 is 0 Å². The Bertz CT molecular complexity index is 1020. The molecular formula is C29H41FN2O5. The lowest BCUT2D eigenvalue weighted by atomic mass is 9.94. The van der Waals surface area contributed by atoms with E-state index in [4.69, 9.17) is 9.47 Å². The van der Waals surface area contributed by atoms with E-state index in [0.717, 1.165) is 36.8 Å². The third-order valence-corrected chi connectivity index (χ3v) is 7.20. The molecule has 3 atom stereocenters. The zero-order chi connectivity index (χ0) is 26.9. The van der Waals surface area contributed by atoms with Gasteiger partial charge < -0.3 is 29.9 Å². The van der Waals surface area contributed by atoms with Gasteiger partial charge in [-0.25, -0.2) is 9.18 Å². The molecule has 0 radical (unpaired) electrons. The van der Waals surface area contributed by atoms with Gasteiger partial charge in [-0.2, -0.15) is 0 Å². The fraction of sp³-hybridized carbons (Fsp3) is 0.552. The van der Waals surface area contributed by atoms with Crippen molar-refractivity contribution in [1.82, 2.24) is 4.90 Å². The van der Waals surface area contributed by atoms with Crippen LogP contribution in [-0.2, 0) is 16.1 Å². The first-order valence-corrected chi connectivity index (χ1v) is 13.2. The highest BCUT2D eigenvalue weighted by Gasteiger charge is 2.26. The second-order valence-electron chi connectivity index (χ2n) is 10.2. The average Bonchev–Trinajstić information content (AvgIpc) is 2.85. The number of urea groups is 1. The Morgan fingerprint density at radius 1 is 1.11 bits per heavy atom. The summed E-state index contributed by atoms with van der Waals surface area (Å²) in [5.74, 6) is -0.153. The van der Waals surface area contributed by atoms with E-state index in [2.05, 4.69) is 19.2 Å². The largest absolute Gasteiger partial charge is 0.376 e. The quantitative estimate of drug-likeness (QED) is 0.341. The average molecular weight is 517 g/mol. The van der Waals surface area contributed by atoms with Gasteiger partial charge in [-0.3, -0.25) is 0 Å². The highest BCUT2D eigenvalue weighted by Crippen LogP contribution is 2.27. The molecule has 7 nitrogen and oxygen atoms in total. The summed E-state index contributed by atoms with van der Waals surface area (Å²) in [5, 5.41) is 22.3. The van der Waals surface area contributed by atoms with Crippen LogP contribution in [0.5, 0.6) is 0 Å². The molecule has 37 heavy (non-hydrogen) atoms. The van der Waals surface area contributed by atoms with Crippen molar-refractivity contribution in [3.05, 3.63) is 65.0 Å². The molecule has 3 rings (SSSR count). The lowest BCUT2D eigenvalue weighted by Gasteiger charge is -2.33. The summed E-state index contributed by atoms with van der Waals surface area (Å²) in [7, 11) is 0. The van der Waals surface area contributed by atoms with Gasteiger partial charge in [0.25, 0.3) is 0 Å². The van der Waals surface area contributed by atoms with E-state index in [1.54, 1.807) is 17.0 Å². The van der Waals surface area contributed by atoms with Gasteiger partial charge in [-0.15, -0.1) is 0 Å². The molecule has 0 aromatic heterocycles.